The second-order valence-corrected chi connectivity index (χ2v) is 39.5. The largest absolute Gasteiger partial charge is 0.491 e. The van der Waals surface area contributed by atoms with Gasteiger partial charge in [0.05, 0.1) is 82.1 Å². The highest BCUT2D eigenvalue weighted by molar-refractivity contribution is 9.10. The van der Waals surface area contributed by atoms with Gasteiger partial charge in [-0.15, -0.1) is 0 Å². The third-order valence-electron chi connectivity index (χ3n) is 27.6. The molecule has 11 aromatic rings. The standard InChI is InChI=1S/C30H35BrN6O.C26H25ClN6O3.C25H25ClN6O2.C23H29BrN6O/c1-3-35-28(38)26-27(37-19-24(33-30(35)37)16-21-10-6-4-7-11-21)34-29(32-23-12-8-5-9-13-23)36(26)18-22-15-14-20(2)25(31)17-22;1-2-31-25(35)20-23(33-14-18(29-26(31)33)11-15-6-4-3-5-7-15)30-24(22(28)34)32(20)13-16-10-17-8-9-36-21(17)19(27)12-16;1-3-30-24(33)22-23(32-15-19(28-25(30)32)11-17-7-5-4-6-8-17)29-21(13-27-34)31(22)14-18-10-9-16(2)20(26)12-18;1-3-28-21(31)19-20(29-12-11-25-23(28)29)27-22(26-17-7-5-4-6-8-17)30(19)14-16-10-9-15(2)18(24)13-16/h4,6-7,10-11,14-15,17,23-24H,3,5,8-9,12-13,16,18-19H2,1-2H3,(H,32,34);3-7,10,12,18H,2,8-9,11,13-14H2,1H3,(H2,28,34);4-10,12-13,19,34H,3,11,14-15H2,1-2H3;9-10,13,17H,3-8,11-12,14H2,1-2H3,(H,26,27)/b;;27-13+;/t24-;18-;19-;/m111./s1. The van der Waals surface area contributed by atoms with Gasteiger partial charge in [-0.3, -0.25) is 77.3 Å². The number of imidazole rings is 4. The number of benzene rings is 7. The molecule has 2 aliphatic carbocycles. The van der Waals surface area contributed by atoms with Gasteiger partial charge in [-0.05, 0) is 179 Å². The van der Waals surface area contributed by atoms with Crippen LogP contribution in [0.15, 0.2) is 192 Å². The lowest BCUT2D eigenvalue weighted by Crippen LogP contribution is -2.50. The number of aliphatic imine (C=N–C) groups is 4. The number of nitrogens with one attached hydrogen (secondary N) is 2. The smallest absolute Gasteiger partial charge is 0.284 e. The van der Waals surface area contributed by atoms with Crippen LogP contribution in [0.4, 0.5) is 35.2 Å². The number of carbonyl (C=O) groups excluding carboxylic acids is 5. The van der Waals surface area contributed by atoms with Crippen LogP contribution in [0.25, 0.3) is 0 Å². The lowest BCUT2D eigenvalue weighted by atomic mass is 9.96. The number of primary amides is 1. The van der Waals surface area contributed by atoms with Crippen molar-refractivity contribution in [2.45, 2.75) is 195 Å². The molecule has 0 saturated heterocycles. The van der Waals surface area contributed by atoms with Gasteiger partial charge in [0, 0.05) is 65.2 Å². The lowest BCUT2D eigenvalue weighted by Gasteiger charge is -2.33. The van der Waals surface area contributed by atoms with Crippen LogP contribution in [0, 0.1) is 20.8 Å². The number of hydrogen-bond acceptors (Lipinski definition) is 22. The highest BCUT2D eigenvalue weighted by Crippen LogP contribution is 2.43. The van der Waals surface area contributed by atoms with Gasteiger partial charge in [0.1, 0.15) is 12.0 Å². The molecule has 11 aliphatic rings. The van der Waals surface area contributed by atoms with E-state index in [1.165, 1.54) is 72.6 Å². The molecule has 35 heteroatoms. The van der Waals surface area contributed by atoms with E-state index in [-0.39, 0.29) is 54.1 Å². The number of fused-ring (bicyclic) bond motifs is 13. The number of halogens is 4. The number of ether oxygens (including phenoxy) is 1. The van der Waals surface area contributed by atoms with Gasteiger partial charge in [-0.1, -0.05) is 232 Å². The molecule has 0 bridgehead atoms. The van der Waals surface area contributed by atoms with Crippen LogP contribution < -0.4 is 40.7 Å². The fraction of sp³-hybridized carbons (Fsp3) is 0.385. The molecule has 0 spiro atoms. The van der Waals surface area contributed by atoms with E-state index in [1.807, 2.05) is 116 Å². The number of nitrogens with zero attached hydrogens (tertiary/aromatic N) is 21. The number of guanidine groups is 4. The fourth-order valence-corrected chi connectivity index (χ4v) is 21.9. The van der Waals surface area contributed by atoms with Gasteiger partial charge in [-0.2, -0.15) is 9.97 Å². The Bertz CT molecular complexity index is 6700. The number of hydrogen-bond donors (Lipinski definition) is 4. The Hall–Kier alpha value is -13.0. The Morgan fingerprint density at radius 2 is 0.863 bits per heavy atom. The minimum absolute atomic E-state index is 0.00112. The van der Waals surface area contributed by atoms with Crippen LogP contribution in [0.2, 0.25) is 10.0 Å². The van der Waals surface area contributed by atoms with Crippen molar-refractivity contribution in [2.24, 2.45) is 30.9 Å². The van der Waals surface area contributed by atoms with E-state index in [4.69, 9.17) is 63.6 Å². The maximum atomic E-state index is 14.0. The van der Waals surface area contributed by atoms with E-state index in [2.05, 4.69) is 175 Å². The summed E-state index contributed by atoms with van der Waals surface area (Å²) in [5.74, 6) is 6.65. The molecule has 0 radical (unpaired) electrons. The highest BCUT2D eigenvalue weighted by atomic mass is 79.9. The quantitative estimate of drug-likeness (QED) is 0.0248. The number of nitrogens with two attached hydrogens (primary N) is 1. The summed E-state index contributed by atoms with van der Waals surface area (Å²) in [6.45, 7) is 21.8. The van der Waals surface area contributed by atoms with Crippen LogP contribution in [-0.4, -0.2) is 218 Å². The van der Waals surface area contributed by atoms with E-state index in [9.17, 15) is 29.2 Å². The predicted octanol–water partition coefficient (Wildman–Crippen LogP) is 17.3. The van der Waals surface area contributed by atoms with Crippen molar-refractivity contribution in [1.29, 1.82) is 0 Å². The maximum absolute atomic E-state index is 14.0. The summed E-state index contributed by atoms with van der Waals surface area (Å²) in [5, 5.41) is 21.1. The minimum Gasteiger partial charge on any atom is -0.491 e. The first-order chi connectivity index (χ1) is 67.5. The van der Waals surface area contributed by atoms with Gasteiger partial charge in [0.25, 0.3) is 29.5 Å². The van der Waals surface area contributed by atoms with Crippen molar-refractivity contribution in [3.05, 3.63) is 272 Å². The van der Waals surface area contributed by atoms with Crippen molar-refractivity contribution < 1.29 is 33.9 Å². The molecule has 31 nitrogen and oxygen atoms in total. The van der Waals surface area contributed by atoms with Gasteiger partial charge >= 0.3 is 0 Å². The number of carbonyl (C=O) groups is 5. The third kappa shape index (κ3) is 19.3. The molecule has 720 valence electrons. The zero-order valence-electron chi connectivity index (χ0n) is 79.2. The Balaban J connectivity index is 0.000000119. The van der Waals surface area contributed by atoms with Gasteiger partial charge in [-0.25, -0.2) is 24.9 Å². The molecular weight excluding hydrogens is 1930 g/mol. The molecule has 9 aliphatic heterocycles. The first kappa shape index (κ1) is 95.0. The summed E-state index contributed by atoms with van der Waals surface area (Å²) < 4.78 is 15.3. The molecule has 13 heterocycles. The predicted molar refractivity (Wildman–Crippen MR) is 551 cm³/mol. The van der Waals surface area contributed by atoms with Crippen LogP contribution >= 0.6 is 55.1 Å². The van der Waals surface area contributed by atoms with Crippen LogP contribution in [0.5, 0.6) is 5.75 Å². The van der Waals surface area contributed by atoms with E-state index in [0.717, 1.165) is 142 Å². The molecule has 139 heavy (non-hydrogen) atoms. The summed E-state index contributed by atoms with van der Waals surface area (Å²) >= 11 is 20.1. The topological polar surface area (TPSA) is 324 Å². The molecule has 3 atom stereocenters. The van der Waals surface area contributed by atoms with Gasteiger partial charge < -0.3 is 35.4 Å². The number of amides is 5. The molecule has 22 rings (SSSR count). The first-order valence-electron chi connectivity index (χ1n) is 48.4. The van der Waals surface area contributed by atoms with Crippen LogP contribution in [0.3, 0.4) is 0 Å². The Morgan fingerprint density at radius 1 is 0.468 bits per heavy atom. The molecule has 2 saturated carbocycles. The normalized spacial score (nSPS) is 18.4. The minimum atomic E-state index is -0.700. The molecule has 0 unspecified atom stereocenters. The first-order valence-corrected chi connectivity index (χ1v) is 50.7. The van der Waals surface area contributed by atoms with Crippen molar-refractivity contribution in [3.8, 4) is 5.75 Å². The number of aromatic nitrogens is 8. The number of aryl methyl sites for hydroxylation is 3. The molecule has 5 amide bonds. The second-order valence-electron chi connectivity index (χ2n) is 37.0. The highest BCUT2D eigenvalue weighted by Gasteiger charge is 2.49. The maximum Gasteiger partial charge on any atom is 0.284 e. The SMILES string of the molecule is CCN1C(=O)c2c(nc(/C=N/O)n2Cc2ccc(C)c(Cl)c2)N2C[C@@H](Cc3ccccc3)N=C12.CCN1C(=O)c2c(nc(C(N)=O)n2Cc2cc(Cl)c3c(c2)CCO3)N2C[C@@H](Cc3ccccc3)N=C12.CCN1C(=O)c2c(nc(NC3CCCCC3)n2Cc2ccc(C)c(Br)c2)N2CCN=C12.CCN1C(=O)c2c(nc(NC3CCCCC3)n2Cc2ccc(C)c(Br)c2)N2C[C@@H](Cc3ccccc3)N=C12. The average Bonchev–Trinajstić information content (AvgIpc) is 1.53. The molecule has 5 N–H and O–H groups in total. The van der Waals surface area contributed by atoms with Gasteiger partial charge in [0.2, 0.25) is 41.6 Å². The van der Waals surface area contributed by atoms with Crippen molar-refractivity contribution in [2.75, 3.05) is 95.7 Å². The van der Waals surface area contributed by atoms with Crippen LogP contribution in [-0.2, 0) is 51.9 Å². The van der Waals surface area contributed by atoms with E-state index in [1.54, 1.807) is 29.9 Å². The summed E-state index contributed by atoms with van der Waals surface area (Å²) in [6, 6.07) is 54.0. The molecule has 4 aromatic heterocycles. The zero-order chi connectivity index (χ0) is 96.6. The number of oxime groups is 1. The number of rotatable bonds is 24. The van der Waals surface area contributed by atoms with Crippen molar-refractivity contribution >= 4 is 150 Å². The Morgan fingerprint density at radius 3 is 1.30 bits per heavy atom. The van der Waals surface area contributed by atoms with E-state index in [0.29, 0.717) is 152 Å². The van der Waals surface area contributed by atoms with Crippen molar-refractivity contribution in [1.82, 2.24) is 57.8 Å². The van der Waals surface area contributed by atoms with E-state index >= 15 is 0 Å². The zero-order valence-corrected chi connectivity index (χ0v) is 83.8. The summed E-state index contributed by atoms with van der Waals surface area (Å²) in [5.41, 5.74) is 19.9. The van der Waals surface area contributed by atoms with Gasteiger partial charge in [0.15, 0.2) is 51.9 Å². The van der Waals surface area contributed by atoms with Crippen molar-refractivity contribution in [3.63, 3.8) is 0 Å². The Kier molecular flexibility index (Phi) is 28.2. The lowest BCUT2D eigenvalue weighted by molar-refractivity contribution is 0.0827. The monoisotopic (exact) mass is 2040 g/mol. The summed E-state index contributed by atoms with van der Waals surface area (Å²) in [7, 11) is 0. The molecule has 7 aromatic carbocycles. The molecule has 2 fully saturated rings. The van der Waals surface area contributed by atoms with E-state index < -0.39 is 5.91 Å². The number of anilines is 6. The fourth-order valence-electron chi connectivity index (χ4n) is 20.5. The second kappa shape index (κ2) is 41.2. The third-order valence-corrected chi connectivity index (χ3v) is 30.0. The van der Waals surface area contributed by atoms with Crippen LogP contribution in [0.1, 0.15) is 211 Å². The molecular formula is C104H114Br2Cl2N24O7. The Labute approximate surface area is 835 Å². The average molecular weight is 2040 g/mol. The summed E-state index contributed by atoms with van der Waals surface area (Å²) in [6.07, 6.45) is 16.5. The summed E-state index contributed by atoms with van der Waals surface area (Å²) in [4.78, 5) is 121.